The van der Waals surface area contributed by atoms with E-state index in [4.69, 9.17) is 0 Å². The highest BCUT2D eigenvalue weighted by Gasteiger charge is 2.65. The Balaban J connectivity index is 1.32. The first kappa shape index (κ1) is 28.8. The number of aromatic nitrogens is 4. The Bertz CT molecular complexity index is 1830. The lowest BCUT2D eigenvalue weighted by atomic mass is 10.1. The van der Waals surface area contributed by atoms with Crippen molar-refractivity contribution >= 4 is 27.5 Å². The monoisotopic (exact) mass is 617 g/mol. The maximum absolute atomic E-state index is 13.9. The smallest absolute Gasteiger partial charge is 0.310 e. The van der Waals surface area contributed by atoms with Gasteiger partial charge >= 0.3 is 10.2 Å². The van der Waals surface area contributed by atoms with Crippen LogP contribution in [0.2, 0.25) is 0 Å². The summed E-state index contributed by atoms with van der Waals surface area (Å²) in [4.78, 5) is 17.1. The fraction of sp³-hybridized carbons (Fsp3) is 0.207. The summed E-state index contributed by atoms with van der Waals surface area (Å²) in [5, 5.41) is 10.3. The number of benzene rings is 2. The molecule has 0 spiro atoms. The predicted octanol–water partition coefficient (Wildman–Crippen LogP) is 6.81. The van der Waals surface area contributed by atoms with Gasteiger partial charge in [0.1, 0.15) is 10.5 Å². The van der Waals surface area contributed by atoms with Gasteiger partial charge in [0.25, 0.3) is 5.91 Å². The molecule has 1 saturated heterocycles. The van der Waals surface area contributed by atoms with Gasteiger partial charge in [0, 0.05) is 80.4 Å². The first-order valence-corrected chi connectivity index (χ1v) is 15.4. The molecule has 1 aliphatic rings. The summed E-state index contributed by atoms with van der Waals surface area (Å²) in [6.07, 6.45) is 6.94. The Kier molecular flexibility index (Phi) is 6.63. The van der Waals surface area contributed by atoms with Crippen molar-refractivity contribution in [2.24, 2.45) is 0 Å². The number of halogens is 5. The van der Waals surface area contributed by atoms with Crippen molar-refractivity contribution < 1.29 is 24.2 Å². The molecule has 0 saturated carbocycles. The lowest BCUT2D eigenvalue weighted by Crippen LogP contribution is -2.42. The van der Waals surface area contributed by atoms with Gasteiger partial charge in [0.15, 0.2) is 0 Å². The maximum Gasteiger partial charge on any atom is 0.310 e. The molecule has 0 aliphatic carbocycles. The van der Waals surface area contributed by atoms with Gasteiger partial charge in [-0.05, 0) is 60.5 Å². The second-order valence-corrected chi connectivity index (χ2v) is 13.0. The number of carbonyl (C=O) groups is 1. The van der Waals surface area contributed by atoms with E-state index >= 15 is 0 Å². The third-order valence-electron chi connectivity index (χ3n) is 7.29. The molecule has 0 bridgehead atoms. The Morgan fingerprint density at radius 3 is 2.51 bits per heavy atom. The number of carbonyl (C=O) groups excluding carboxylic acids is 1. The highest BCUT2D eigenvalue weighted by molar-refractivity contribution is 8.45. The molecule has 0 radical (unpaired) electrons. The van der Waals surface area contributed by atoms with Crippen molar-refractivity contribution in [1.29, 1.82) is 0 Å². The molecule has 0 atom stereocenters. The maximum atomic E-state index is 13.9. The van der Waals surface area contributed by atoms with E-state index < -0.39 is 26.6 Å². The van der Waals surface area contributed by atoms with Gasteiger partial charge in [-0.25, -0.2) is 4.52 Å². The molecule has 1 fully saturated rings. The van der Waals surface area contributed by atoms with Crippen LogP contribution in [0.25, 0.3) is 22.6 Å². The Morgan fingerprint density at radius 1 is 1.00 bits per heavy atom. The largest absolute Gasteiger partial charge is 0.322 e. The highest BCUT2D eigenvalue weighted by atomic mass is 32.5. The van der Waals surface area contributed by atoms with Crippen molar-refractivity contribution in [3.05, 3.63) is 96.1 Å². The first-order valence-electron chi connectivity index (χ1n) is 13.4. The minimum atomic E-state index is -10.1. The number of rotatable bonds is 7. The third-order valence-corrected chi connectivity index (χ3v) is 8.42. The number of anilines is 1. The lowest BCUT2D eigenvalue weighted by molar-refractivity contribution is 0.102. The number of nitrogens with one attached hydrogen (secondary N) is 2. The molecular weight excluding hydrogens is 589 g/mol. The molecule has 4 heterocycles. The van der Waals surface area contributed by atoms with E-state index in [0.29, 0.717) is 43.6 Å². The van der Waals surface area contributed by atoms with E-state index in [1.807, 2.05) is 34.6 Å². The first-order chi connectivity index (χ1) is 20.2. The predicted molar refractivity (Wildman–Crippen MR) is 156 cm³/mol. The number of nitrogens with zero attached hydrogens (tertiary/aromatic N) is 5. The number of hydrogen-bond donors (Lipinski definition) is 2. The van der Waals surface area contributed by atoms with E-state index in [1.165, 1.54) is 6.07 Å². The minimum Gasteiger partial charge on any atom is -0.322 e. The molecule has 2 aromatic carbocycles. The number of hydrogen-bond acceptors (Lipinski definition) is 5. The van der Waals surface area contributed by atoms with Crippen molar-refractivity contribution in [3.8, 4) is 16.9 Å². The fourth-order valence-corrected chi connectivity index (χ4v) is 5.85. The molecule has 5 aromatic rings. The molecule has 3 aromatic heterocycles. The number of amides is 1. The van der Waals surface area contributed by atoms with Crippen molar-refractivity contribution in [2.45, 2.75) is 18.4 Å². The quantitative estimate of drug-likeness (QED) is 0.196. The van der Waals surface area contributed by atoms with E-state index in [0.717, 1.165) is 16.8 Å². The van der Waals surface area contributed by atoms with E-state index in [2.05, 4.69) is 20.7 Å². The molecule has 226 valence electrons. The zero-order chi connectivity index (χ0) is 30.5. The number of piperazine rings is 1. The van der Waals surface area contributed by atoms with E-state index in [-0.39, 0.29) is 23.9 Å². The van der Waals surface area contributed by atoms with Gasteiger partial charge in [-0.2, -0.15) is 5.10 Å². The molecule has 0 unspecified atom stereocenters. The number of pyridine rings is 1. The Hall–Kier alpha value is -4.27. The fourth-order valence-electron chi connectivity index (χ4n) is 5.12. The van der Waals surface area contributed by atoms with Crippen molar-refractivity contribution in [1.82, 2.24) is 29.4 Å². The summed E-state index contributed by atoms with van der Waals surface area (Å²) in [6.45, 7) is 4.22. The van der Waals surface area contributed by atoms with Gasteiger partial charge in [0.05, 0.1) is 11.4 Å². The van der Waals surface area contributed by atoms with E-state index in [1.54, 1.807) is 47.5 Å². The topological polar surface area (TPSA) is 79.5 Å². The molecular formula is C29H28F5N7OS. The summed E-state index contributed by atoms with van der Waals surface area (Å²) in [5.74, 6) is -0.930. The average molecular weight is 618 g/mol. The second kappa shape index (κ2) is 9.89. The van der Waals surface area contributed by atoms with Crippen molar-refractivity contribution in [2.75, 3.05) is 31.5 Å². The summed E-state index contributed by atoms with van der Waals surface area (Å²) in [5.41, 5.74) is 3.57. The lowest BCUT2D eigenvalue weighted by Gasteiger charge is -2.41. The van der Waals surface area contributed by atoms with Crippen LogP contribution < -0.4 is 10.6 Å². The van der Waals surface area contributed by atoms with Gasteiger partial charge in [-0.3, -0.25) is 19.2 Å². The van der Waals surface area contributed by atoms with Gasteiger partial charge in [-0.1, -0.05) is 25.5 Å². The number of imidazole rings is 1. The molecule has 2 N–H and O–H groups in total. The Morgan fingerprint density at radius 2 is 1.79 bits per heavy atom. The standard InChI is InChI=1S/C29H28F5N7OS/c1-20-4-5-24(16-27(20)40-11-12-41-28(40)17-26(38-41)22-3-2-6-36-18-22)37-29(42)23-13-21(19-39-9-7-35-8-10-39)14-25(15-23)43(30,31,32,33)34/h2-6,11-18,35H,7-10,19H2,1H3,(H,37,42). The zero-order valence-electron chi connectivity index (χ0n) is 23.0. The van der Waals surface area contributed by atoms with Gasteiger partial charge < -0.3 is 10.6 Å². The van der Waals surface area contributed by atoms with Gasteiger partial charge in [0.2, 0.25) is 0 Å². The summed E-state index contributed by atoms with van der Waals surface area (Å²) in [7, 11) is -10.1. The normalized spacial score (nSPS) is 16.1. The van der Waals surface area contributed by atoms with Crippen LogP contribution in [0.15, 0.2) is 84.3 Å². The molecule has 1 aliphatic heterocycles. The molecule has 8 nitrogen and oxygen atoms in total. The second-order valence-electron chi connectivity index (χ2n) is 10.6. The number of fused-ring (bicyclic) bond motifs is 1. The van der Waals surface area contributed by atoms with Crippen LogP contribution in [0.1, 0.15) is 21.5 Å². The van der Waals surface area contributed by atoms with Crippen LogP contribution in [0.4, 0.5) is 25.1 Å². The molecule has 14 heteroatoms. The highest BCUT2D eigenvalue weighted by Crippen LogP contribution is 3.02. The van der Waals surface area contributed by atoms with E-state index in [9.17, 15) is 24.2 Å². The summed E-state index contributed by atoms with van der Waals surface area (Å²) in [6, 6.07) is 12.5. The average Bonchev–Trinajstić information content (AvgIpc) is 3.55. The van der Waals surface area contributed by atoms with Crippen LogP contribution >= 0.6 is 10.2 Å². The molecule has 1 amide bonds. The summed E-state index contributed by atoms with van der Waals surface area (Å²) >= 11 is 0. The minimum absolute atomic E-state index is 0.00826. The SMILES string of the molecule is Cc1ccc(NC(=O)c2cc(CN3CCNCC3)cc(S(F)(F)(F)(F)F)c2)cc1-n1ccn2nc(-c3cccnc3)cc12. The molecule has 43 heavy (non-hydrogen) atoms. The van der Waals surface area contributed by atoms with Crippen LogP contribution in [0, 0.1) is 6.92 Å². The van der Waals surface area contributed by atoms with Gasteiger partial charge in [-0.15, -0.1) is 0 Å². The van der Waals surface area contributed by atoms with Crippen LogP contribution in [0.5, 0.6) is 0 Å². The molecule has 6 rings (SSSR count). The number of aryl methyl sites for hydroxylation is 1. The third kappa shape index (κ3) is 6.26. The summed E-state index contributed by atoms with van der Waals surface area (Å²) < 4.78 is 73.1. The van der Waals surface area contributed by atoms with Crippen molar-refractivity contribution in [3.63, 3.8) is 0 Å². The van der Waals surface area contributed by atoms with Crippen LogP contribution in [-0.2, 0) is 6.54 Å². The van der Waals surface area contributed by atoms with Crippen LogP contribution in [-0.4, -0.2) is 56.2 Å². The zero-order valence-corrected chi connectivity index (χ0v) is 23.8. The Labute approximate surface area is 243 Å². The van der Waals surface area contributed by atoms with Crippen LogP contribution in [0.3, 0.4) is 0 Å².